The van der Waals surface area contributed by atoms with E-state index in [0.717, 1.165) is 11.3 Å². The number of amides is 2. The molecule has 0 radical (unpaired) electrons. The molecule has 1 heterocycles. The third-order valence-corrected chi connectivity index (χ3v) is 3.93. The van der Waals surface area contributed by atoms with Gasteiger partial charge in [-0.1, -0.05) is 12.1 Å². The molecule has 1 atom stereocenters. The van der Waals surface area contributed by atoms with Crippen LogP contribution in [0.15, 0.2) is 24.3 Å². The van der Waals surface area contributed by atoms with Crippen LogP contribution in [0.2, 0.25) is 0 Å². The van der Waals surface area contributed by atoms with E-state index in [4.69, 9.17) is 4.74 Å². The zero-order valence-corrected chi connectivity index (χ0v) is 13.2. The topological polar surface area (TPSA) is 58.6 Å². The maximum atomic E-state index is 12.5. The molecule has 1 fully saturated rings. The number of hydrogen-bond donors (Lipinski definition) is 1. The molecule has 2 amide bonds. The molecule has 1 N–H and O–H groups in total. The van der Waals surface area contributed by atoms with Crippen LogP contribution in [-0.2, 0) is 16.0 Å². The van der Waals surface area contributed by atoms with Crippen LogP contribution in [0.4, 0.5) is 13.2 Å². The maximum Gasteiger partial charge on any atom is 0.471 e. The summed E-state index contributed by atoms with van der Waals surface area (Å²) in [5.74, 6) is -1.77. The van der Waals surface area contributed by atoms with Gasteiger partial charge < -0.3 is 15.0 Å². The standard InChI is InChI=1S/C16H19F3N2O3/c1-24-12-6-4-11(5-7-12)8-9-20-14(22)13-3-2-10-21(13)15(23)16(17,18)19/h4-7,13H,2-3,8-10H2,1H3,(H,20,22). The predicted molar refractivity (Wildman–Crippen MR) is 80.5 cm³/mol. The highest BCUT2D eigenvalue weighted by molar-refractivity contribution is 5.90. The molecular formula is C16H19F3N2O3. The van der Waals surface area contributed by atoms with Gasteiger partial charge in [-0.15, -0.1) is 0 Å². The molecule has 0 aliphatic carbocycles. The monoisotopic (exact) mass is 344 g/mol. The summed E-state index contributed by atoms with van der Waals surface area (Å²) in [6.07, 6.45) is -3.78. The molecule has 1 aromatic carbocycles. The van der Waals surface area contributed by atoms with E-state index in [1.165, 1.54) is 0 Å². The van der Waals surface area contributed by atoms with Gasteiger partial charge in [-0.2, -0.15) is 13.2 Å². The van der Waals surface area contributed by atoms with Crippen molar-refractivity contribution in [2.45, 2.75) is 31.5 Å². The van der Waals surface area contributed by atoms with Gasteiger partial charge >= 0.3 is 12.1 Å². The Labute approximate surface area is 137 Å². The highest BCUT2D eigenvalue weighted by atomic mass is 19.4. The Morgan fingerprint density at radius 1 is 1.29 bits per heavy atom. The number of nitrogens with one attached hydrogen (secondary N) is 1. The number of ether oxygens (including phenoxy) is 1. The third-order valence-electron chi connectivity index (χ3n) is 3.93. The number of benzene rings is 1. The summed E-state index contributed by atoms with van der Waals surface area (Å²) in [6.45, 7) is 0.241. The van der Waals surface area contributed by atoms with Crippen molar-refractivity contribution in [3.8, 4) is 5.75 Å². The van der Waals surface area contributed by atoms with Gasteiger partial charge in [0.25, 0.3) is 0 Å². The average molecular weight is 344 g/mol. The first-order chi connectivity index (χ1) is 11.3. The Balaban J connectivity index is 1.86. The second-order valence-corrected chi connectivity index (χ2v) is 5.54. The van der Waals surface area contributed by atoms with Crippen LogP contribution in [0.3, 0.4) is 0 Å². The van der Waals surface area contributed by atoms with Gasteiger partial charge in [0.15, 0.2) is 0 Å². The molecule has 0 bridgehead atoms. The number of nitrogens with zero attached hydrogens (tertiary/aromatic N) is 1. The lowest BCUT2D eigenvalue weighted by Gasteiger charge is -2.24. The molecule has 24 heavy (non-hydrogen) atoms. The number of rotatable bonds is 5. The van der Waals surface area contributed by atoms with Crippen molar-refractivity contribution >= 4 is 11.8 Å². The van der Waals surface area contributed by atoms with E-state index in [0.29, 0.717) is 17.7 Å². The molecule has 0 saturated carbocycles. The minimum Gasteiger partial charge on any atom is -0.497 e. The van der Waals surface area contributed by atoms with E-state index in [1.54, 1.807) is 19.2 Å². The van der Waals surface area contributed by atoms with Crippen molar-refractivity contribution in [2.75, 3.05) is 20.2 Å². The highest BCUT2D eigenvalue weighted by Gasteiger charge is 2.47. The summed E-state index contributed by atoms with van der Waals surface area (Å²) >= 11 is 0. The smallest absolute Gasteiger partial charge is 0.471 e. The number of methoxy groups -OCH3 is 1. The van der Waals surface area contributed by atoms with Gasteiger partial charge in [-0.25, -0.2) is 0 Å². The van der Waals surface area contributed by atoms with E-state index in [1.807, 2.05) is 12.1 Å². The van der Waals surface area contributed by atoms with Crippen molar-refractivity contribution in [2.24, 2.45) is 0 Å². The van der Waals surface area contributed by atoms with Crippen molar-refractivity contribution in [1.29, 1.82) is 0 Å². The maximum absolute atomic E-state index is 12.5. The van der Waals surface area contributed by atoms with Crippen LogP contribution in [0, 0.1) is 0 Å². The second-order valence-electron chi connectivity index (χ2n) is 5.54. The average Bonchev–Trinajstić information content (AvgIpc) is 3.03. The lowest BCUT2D eigenvalue weighted by Crippen LogP contribution is -2.50. The lowest BCUT2D eigenvalue weighted by atomic mass is 10.1. The highest BCUT2D eigenvalue weighted by Crippen LogP contribution is 2.25. The molecule has 1 saturated heterocycles. The molecule has 1 aromatic rings. The minimum absolute atomic E-state index is 0.0467. The van der Waals surface area contributed by atoms with Crippen molar-refractivity contribution < 1.29 is 27.5 Å². The van der Waals surface area contributed by atoms with Crippen LogP contribution in [0.25, 0.3) is 0 Å². The Bertz CT molecular complexity index is 587. The Morgan fingerprint density at radius 2 is 1.96 bits per heavy atom. The largest absolute Gasteiger partial charge is 0.497 e. The molecule has 132 valence electrons. The van der Waals surface area contributed by atoms with Crippen LogP contribution in [-0.4, -0.2) is 49.1 Å². The molecule has 5 nitrogen and oxygen atoms in total. The van der Waals surface area contributed by atoms with E-state index in [2.05, 4.69) is 5.32 Å². The summed E-state index contributed by atoms with van der Waals surface area (Å²) in [5.41, 5.74) is 0.964. The van der Waals surface area contributed by atoms with Gasteiger partial charge in [-0.3, -0.25) is 9.59 Å². The van der Waals surface area contributed by atoms with E-state index in [9.17, 15) is 22.8 Å². The Morgan fingerprint density at radius 3 is 2.54 bits per heavy atom. The van der Waals surface area contributed by atoms with E-state index in [-0.39, 0.29) is 19.5 Å². The summed E-state index contributed by atoms with van der Waals surface area (Å²) < 4.78 is 42.7. The zero-order valence-electron chi connectivity index (χ0n) is 13.2. The summed E-state index contributed by atoms with van der Waals surface area (Å²) in [4.78, 5) is 24.0. The molecule has 8 heteroatoms. The first-order valence-corrected chi connectivity index (χ1v) is 7.61. The molecule has 1 unspecified atom stereocenters. The fourth-order valence-electron chi connectivity index (χ4n) is 2.69. The molecule has 1 aliphatic heterocycles. The van der Waals surface area contributed by atoms with Gasteiger partial charge in [0.1, 0.15) is 11.8 Å². The van der Waals surface area contributed by atoms with Crippen molar-refractivity contribution in [1.82, 2.24) is 10.2 Å². The number of alkyl halides is 3. The molecule has 1 aliphatic rings. The number of carbonyl (C=O) groups is 2. The minimum atomic E-state index is -4.95. The van der Waals surface area contributed by atoms with Gasteiger partial charge in [0, 0.05) is 13.1 Å². The quantitative estimate of drug-likeness (QED) is 0.888. The number of carbonyl (C=O) groups excluding carboxylic acids is 2. The SMILES string of the molecule is COc1ccc(CCNC(=O)C2CCCN2C(=O)C(F)(F)F)cc1. The fraction of sp³-hybridized carbons (Fsp3) is 0.500. The summed E-state index contributed by atoms with van der Waals surface area (Å²) in [6, 6.07) is 6.23. The predicted octanol–water partition coefficient (Wildman–Crippen LogP) is 1.91. The fourth-order valence-corrected chi connectivity index (χ4v) is 2.69. The molecule has 0 spiro atoms. The normalized spacial score (nSPS) is 17.7. The zero-order chi connectivity index (χ0) is 17.7. The van der Waals surface area contributed by atoms with Gasteiger partial charge in [0.2, 0.25) is 5.91 Å². The lowest BCUT2D eigenvalue weighted by molar-refractivity contribution is -0.186. The summed E-state index contributed by atoms with van der Waals surface area (Å²) in [5, 5.41) is 2.61. The Kier molecular flexibility index (Phi) is 5.69. The van der Waals surface area contributed by atoms with Crippen LogP contribution in [0.1, 0.15) is 18.4 Å². The van der Waals surface area contributed by atoms with E-state index < -0.39 is 24.0 Å². The van der Waals surface area contributed by atoms with Crippen LogP contribution >= 0.6 is 0 Å². The third kappa shape index (κ3) is 4.39. The molecular weight excluding hydrogens is 325 g/mol. The molecule has 2 rings (SSSR count). The van der Waals surface area contributed by atoms with Crippen molar-refractivity contribution in [3.05, 3.63) is 29.8 Å². The van der Waals surface area contributed by atoms with Crippen LogP contribution in [0.5, 0.6) is 5.75 Å². The Hall–Kier alpha value is -2.25. The van der Waals surface area contributed by atoms with E-state index >= 15 is 0 Å². The van der Waals surface area contributed by atoms with Gasteiger partial charge in [-0.05, 0) is 37.0 Å². The first kappa shape index (κ1) is 18.1. The van der Waals surface area contributed by atoms with Crippen LogP contribution < -0.4 is 10.1 Å². The number of halogens is 3. The second kappa shape index (κ2) is 7.55. The number of likely N-dealkylation sites (tertiary alicyclic amines) is 1. The first-order valence-electron chi connectivity index (χ1n) is 7.61. The van der Waals surface area contributed by atoms with Crippen molar-refractivity contribution in [3.63, 3.8) is 0 Å². The molecule has 0 aromatic heterocycles. The van der Waals surface area contributed by atoms with Gasteiger partial charge in [0.05, 0.1) is 7.11 Å². The number of hydrogen-bond acceptors (Lipinski definition) is 3. The summed E-state index contributed by atoms with van der Waals surface area (Å²) in [7, 11) is 1.56.